The van der Waals surface area contributed by atoms with Crippen LogP contribution in [0, 0.1) is 5.41 Å². The summed E-state index contributed by atoms with van der Waals surface area (Å²) in [7, 11) is 3.20. The minimum atomic E-state index is 0.305. The van der Waals surface area contributed by atoms with Gasteiger partial charge >= 0.3 is 0 Å². The molecule has 13 heavy (non-hydrogen) atoms. The first-order valence-corrected chi connectivity index (χ1v) is 4.15. The minimum absolute atomic E-state index is 0.305. The van der Waals surface area contributed by atoms with Gasteiger partial charge in [-0.25, -0.2) is 5.06 Å². The number of hydrogen-bond acceptors (Lipinski definition) is 2. The molecule has 0 bridgehead atoms. The van der Waals surface area contributed by atoms with E-state index in [2.05, 4.69) is 0 Å². The predicted octanol–water partition coefficient (Wildman–Crippen LogP) is 2.16. The molecule has 0 fully saturated rings. The highest BCUT2D eigenvalue weighted by Gasteiger charge is 2.05. The second-order valence-corrected chi connectivity index (χ2v) is 2.97. The van der Waals surface area contributed by atoms with Gasteiger partial charge in [-0.1, -0.05) is 11.6 Å². The fraction of sp³-hybridized carbons (Fsp3) is 0.222. The number of hydrogen-bond donors (Lipinski definition) is 1. The van der Waals surface area contributed by atoms with Crippen LogP contribution in [0.15, 0.2) is 24.3 Å². The average molecular weight is 199 g/mol. The van der Waals surface area contributed by atoms with Gasteiger partial charge in [-0.3, -0.25) is 10.2 Å². The predicted molar refractivity (Wildman–Crippen MR) is 53.1 cm³/mol. The van der Waals surface area contributed by atoms with Crippen molar-refractivity contribution in [2.75, 3.05) is 14.2 Å². The zero-order valence-electron chi connectivity index (χ0n) is 7.54. The maximum atomic E-state index is 7.66. The first-order valence-electron chi connectivity index (χ1n) is 3.77. The summed E-state index contributed by atoms with van der Waals surface area (Å²) in [5, 5.41) is 9.71. The number of halogens is 1. The number of nitrogens with one attached hydrogen (secondary N) is 1. The van der Waals surface area contributed by atoms with Crippen molar-refractivity contribution in [3.8, 4) is 0 Å². The Morgan fingerprint density at radius 1 is 1.38 bits per heavy atom. The highest BCUT2D eigenvalue weighted by molar-refractivity contribution is 6.30. The molecule has 1 rings (SSSR count). The van der Waals surface area contributed by atoms with E-state index in [0.717, 1.165) is 5.56 Å². The van der Waals surface area contributed by atoms with Gasteiger partial charge in [-0.05, 0) is 24.3 Å². The van der Waals surface area contributed by atoms with Gasteiger partial charge in [0.2, 0.25) is 0 Å². The van der Waals surface area contributed by atoms with Crippen molar-refractivity contribution in [2.24, 2.45) is 0 Å². The van der Waals surface area contributed by atoms with Gasteiger partial charge in [-0.15, -0.1) is 0 Å². The molecule has 0 aliphatic heterocycles. The average Bonchev–Trinajstić information content (AvgIpc) is 2.17. The van der Waals surface area contributed by atoms with Crippen LogP contribution in [0.3, 0.4) is 0 Å². The Kier molecular flexibility index (Phi) is 3.28. The van der Waals surface area contributed by atoms with E-state index < -0.39 is 0 Å². The number of rotatable bonds is 2. The summed E-state index contributed by atoms with van der Waals surface area (Å²) in [4.78, 5) is 4.87. The van der Waals surface area contributed by atoms with Crippen LogP contribution in [0.5, 0.6) is 0 Å². The third-order valence-corrected chi connectivity index (χ3v) is 1.96. The van der Waals surface area contributed by atoms with Crippen LogP contribution >= 0.6 is 11.6 Å². The first-order chi connectivity index (χ1) is 6.15. The van der Waals surface area contributed by atoms with Crippen LogP contribution in [0.4, 0.5) is 0 Å². The lowest BCUT2D eigenvalue weighted by atomic mass is 10.2. The van der Waals surface area contributed by atoms with Gasteiger partial charge in [0.05, 0.1) is 7.11 Å². The maximum absolute atomic E-state index is 7.66. The quantitative estimate of drug-likeness (QED) is 0.449. The van der Waals surface area contributed by atoms with E-state index in [0.29, 0.717) is 10.9 Å². The van der Waals surface area contributed by atoms with Crippen molar-refractivity contribution < 1.29 is 4.84 Å². The van der Waals surface area contributed by atoms with Crippen LogP contribution < -0.4 is 0 Å². The maximum Gasteiger partial charge on any atom is 0.151 e. The van der Waals surface area contributed by atoms with Gasteiger partial charge in [0.1, 0.15) is 0 Å². The summed E-state index contributed by atoms with van der Waals surface area (Å²) in [6.07, 6.45) is 0. The molecule has 0 amide bonds. The van der Waals surface area contributed by atoms with Crippen LogP contribution in [0.2, 0.25) is 5.02 Å². The number of hydroxylamine groups is 2. The van der Waals surface area contributed by atoms with Gasteiger partial charge in [-0.2, -0.15) is 0 Å². The highest BCUT2D eigenvalue weighted by Crippen LogP contribution is 2.10. The summed E-state index contributed by atoms with van der Waals surface area (Å²) in [6.45, 7) is 0. The molecular formula is C9H11ClN2O. The van der Waals surface area contributed by atoms with Gasteiger partial charge < -0.3 is 0 Å². The molecule has 0 radical (unpaired) electrons. The van der Waals surface area contributed by atoms with Crippen molar-refractivity contribution in [3.05, 3.63) is 34.9 Å². The van der Waals surface area contributed by atoms with Crippen molar-refractivity contribution in [1.82, 2.24) is 5.06 Å². The molecule has 1 aromatic carbocycles. The van der Waals surface area contributed by atoms with Crippen molar-refractivity contribution in [1.29, 1.82) is 5.41 Å². The number of nitrogens with zero attached hydrogens (tertiary/aromatic N) is 1. The first kappa shape index (κ1) is 10.0. The van der Waals surface area contributed by atoms with E-state index in [4.69, 9.17) is 21.8 Å². The third kappa shape index (κ3) is 2.44. The lowest BCUT2D eigenvalue weighted by molar-refractivity contribution is -0.0418. The molecule has 4 heteroatoms. The highest BCUT2D eigenvalue weighted by atomic mass is 35.5. The molecule has 1 N–H and O–H groups in total. The van der Waals surface area contributed by atoms with Crippen molar-refractivity contribution >= 4 is 17.4 Å². The Hall–Kier alpha value is -1.06. The van der Waals surface area contributed by atoms with Crippen molar-refractivity contribution in [3.63, 3.8) is 0 Å². The van der Waals surface area contributed by atoms with E-state index in [9.17, 15) is 0 Å². The summed E-state index contributed by atoms with van der Waals surface area (Å²) >= 11 is 5.71. The molecule has 0 saturated carbocycles. The number of amidine groups is 1. The van der Waals surface area contributed by atoms with Crippen LogP contribution in [0.1, 0.15) is 5.56 Å². The molecule has 0 aromatic heterocycles. The minimum Gasteiger partial charge on any atom is -0.282 e. The molecule has 3 nitrogen and oxygen atoms in total. The second-order valence-electron chi connectivity index (χ2n) is 2.54. The molecule has 0 heterocycles. The Morgan fingerprint density at radius 2 is 1.92 bits per heavy atom. The van der Waals surface area contributed by atoms with E-state index in [-0.39, 0.29) is 0 Å². The molecule has 0 spiro atoms. The lowest BCUT2D eigenvalue weighted by Gasteiger charge is -2.16. The molecule has 0 unspecified atom stereocenters. The second kappa shape index (κ2) is 4.25. The Bertz CT molecular complexity index is 297. The van der Waals surface area contributed by atoms with E-state index in [1.54, 1.807) is 31.3 Å². The van der Waals surface area contributed by atoms with Gasteiger partial charge in [0.25, 0.3) is 0 Å². The Balaban J connectivity index is 2.83. The molecule has 0 aliphatic carbocycles. The van der Waals surface area contributed by atoms with Gasteiger partial charge in [0.15, 0.2) is 5.84 Å². The standard InChI is InChI=1S/C9H11ClN2O/c1-12(13-2)9(11)7-3-5-8(10)6-4-7/h3-6,11H,1-2H3. The molecule has 1 aromatic rings. The molecular weight excluding hydrogens is 188 g/mol. The van der Waals surface area contributed by atoms with E-state index >= 15 is 0 Å². The zero-order chi connectivity index (χ0) is 9.84. The summed E-state index contributed by atoms with van der Waals surface area (Å²) in [5.41, 5.74) is 0.772. The normalized spacial score (nSPS) is 9.77. The van der Waals surface area contributed by atoms with Crippen LogP contribution in [0.25, 0.3) is 0 Å². The molecule has 0 atom stereocenters. The zero-order valence-corrected chi connectivity index (χ0v) is 8.30. The third-order valence-electron chi connectivity index (χ3n) is 1.71. The lowest BCUT2D eigenvalue weighted by Crippen LogP contribution is -2.25. The van der Waals surface area contributed by atoms with Crippen LogP contribution in [-0.4, -0.2) is 25.1 Å². The molecule has 0 aliphatic rings. The monoisotopic (exact) mass is 198 g/mol. The van der Waals surface area contributed by atoms with Gasteiger partial charge in [0, 0.05) is 17.6 Å². The summed E-state index contributed by atoms with van der Waals surface area (Å²) < 4.78 is 0. The fourth-order valence-electron chi connectivity index (χ4n) is 0.881. The summed E-state index contributed by atoms with van der Waals surface area (Å²) in [5.74, 6) is 0.305. The van der Waals surface area contributed by atoms with Crippen molar-refractivity contribution in [2.45, 2.75) is 0 Å². The summed E-state index contributed by atoms with van der Waals surface area (Å²) in [6, 6.07) is 7.05. The van der Waals surface area contributed by atoms with Crippen LogP contribution in [-0.2, 0) is 4.84 Å². The van der Waals surface area contributed by atoms with E-state index in [1.165, 1.54) is 12.2 Å². The topological polar surface area (TPSA) is 36.3 Å². The smallest absolute Gasteiger partial charge is 0.151 e. The Morgan fingerprint density at radius 3 is 2.38 bits per heavy atom. The van der Waals surface area contributed by atoms with E-state index in [1.807, 2.05) is 0 Å². The fourth-order valence-corrected chi connectivity index (χ4v) is 1.01. The Labute approximate surface area is 82.3 Å². The molecule has 0 saturated heterocycles. The number of benzene rings is 1. The largest absolute Gasteiger partial charge is 0.282 e. The molecule has 70 valence electrons. The SMILES string of the molecule is CON(C)C(=N)c1ccc(Cl)cc1.